The van der Waals surface area contributed by atoms with Gasteiger partial charge in [0.25, 0.3) is 0 Å². The zero-order valence-corrected chi connectivity index (χ0v) is 12.5. The highest BCUT2D eigenvalue weighted by molar-refractivity contribution is 7.10. The molecule has 1 aromatic heterocycles. The van der Waals surface area contributed by atoms with Crippen LogP contribution in [0, 0.1) is 5.92 Å². The molecule has 1 aliphatic carbocycles. The summed E-state index contributed by atoms with van der Waals surface area (Å²) in [6.07, 6.45) is 9.92. The van der Waals surface area contributed by atoms with Crippen molar-refractivity contribution in [1.29, 1.82) is 0 Å². The van der Waals surface area contributed by atoms with Crippen LogP contribution in [0.4, 0.5) is 0 Å². The molecule has 1 saturated carbocycles. The lowest BCUT2D eigenvalue weighted by Gasteiger charge is -2.25. The van der Waals surface area contributed by atoms with Crippen molar-refractivity contribution in [3.05, 3.63) is 22.4 Å². The average Bonchev–Trinajstić information content (AvgIpc) is 2.78. The maximum absolute atomic E-state index is 3.65. The summed E-state index contributed by atoms with van der Waals surface area (Å²) >= 11 is 1.95. The second kappa shape index (κ2) is 7.96. The molecule has 0 aromatic carbocycles. The standard InChI is InChI=1S/C16H27NS/c1-2-11-17-13-15(16-10-7-12-18-16)14-8-5-3-4-6-9-14/h7,10,12,14-15,17H,2-6,8-9,11,13H2,1H3. The summed E-state index contributed by atoms with van der Waals surface area (Å²) in [5, 5.41) is 5.88. The minimum Gasteiger partial charge on any atom is -0.316 e. The number of hydrogen-bond donors (Lipinski definition) is 1. The number of nitrogens with one attached hydrogen (secondary N) is 1. The molecule has 2 rings (SSSR count). The van der Waals surface area contributed by atoms with Gasteiger partial charge in [-0.05, 0) is 43.2 Å². The Morgan fingerprint density at radius 2 is 2.06 bits per heavy atom. The third kappa shape index (κ3) is 4.10. The van der Waals surface area contributed by atoms with E-state index in [-0.39, 0.29) is 0 Å². The van der Waals surface area contributed by atoms with Gasteiger partial charge in [-0.2, -0.15) is 0 Å². The molecule has 1 aromatic rings. The van der Waals surface area contributed by atoms with Crippen LogP contribution in [0.3, 0.4) is 0 Å². The van der Waals surface area contributed by atoms with Gasteiger partial charge in [0, 0.05) is 17.3 Å². The van der Waals surface area contributed by atoms with Crippen LogP contribution in [0.15, 0.2) is 17.5 Å². The maximum Gasteiger partial charge on any atom is 0.00916 e. The Kier molecular flexibility index (Phi) is 6.22. The van der Waals surface area contributed by atoms with Crippen LogP contribution in [-0.2, 0) is 0 Å². The number of rotatable bonds is 6. The van der Waals surface area contributed by atoms with Crippen LogP contribution in [0.5, 0.6) is 0 Å². The van der Waals surface area contributed by atoms with Crippen LogP contribution >= 0.6 is 11.3 Å². The second-order valence-electron chi connectivity index (χ2n) is 5.58. The van der Waals surface area contributed by atoms with Crippen molar-refractivity contribution >= 4 is 11.3 Å². The van der Waals surface area contributed by atoms with Crippen LogP contribution in [0.25, 0.3) is 0 Å². The zero-order chi connectivity index (χ0) is 12.6. The van der Waals surface area contributed by atoms with Crippen LogP contribution < -0.4 is 5.32 Å². The van der Waals surface area contributed by atoms with Crippen LogP contribution in [0.1, 0.15) is 62.7 Å². The van der Waals surface area contributed by atoms with Gasteiger partial charge in [-0.3, -0.25) is 0 Å². The van der Waals surface area contributed by atoms with E-state index in [1.54, 1.807) is 4.88 Å². The molecule has 1 fully saturated rings. The van der Waals surface area contributed by atoms with Crippen molar-refractivity contribution in [2.45, 2.75) is 57.8 Å². The van der Waals surface area contributed by atoms with Gasteiger partial charge >= 0.3 is 0 Å². The van der Waals surface area contributed by atoms with E-state index in [0.29, 0.717) is 0 Å². The van der Waals surface area contributed by atoms with Crippen molar-refractivity contribution in [2.75, 3.05) is 13.1 Å². The summed E-state index contributed by atoms with van der Waals surface area (Å²) in [6.45, 7) is 4.59. The minimum absolute atomic E-state index is 0.759. The van der Waals surface area contributed by atoms with Gasteiger partial charge in [0.1, 0.15) is 0 Å². The maximum atomic E-state index is 3.65. The first-order chi connectivity index (χ1) is 8.92. The third-order valence-corrected chi connectivity index (χ3v) is 5.17. The molecule has 1 aliphatic rings. The first-order valence-electron chi connectivity index (χ1n) is 7.66. The molecule has 1 atom stereocenters. The van der Waals surface area contributed by atoms with E-state index in [4.69, 9.17) is 0 Å². The van der Waals surface area contributed by atoms with E-state index in [1.807, 2.05) is 11.3 Å². The van der Waals surface area contributed by atoms with Crippen molar-refractivity contribution < 1.29 is 0 Å². The predicted molar refractivity (Wildman–Crippen MR) is 81.4 cm³/mol. The van der Waals surface area contributed by atoms with Crippen LogP contribution in [0.2, 0.25) is 0 Å². The largest absolute Gasteiger partial charge is 0.316 e. The molecule has 0 aliphatic heterocycles. The van der Waals surface area contributed by atoms with Gasteiger partial charge in [0.2, 0.25) is 0 Å². The fourth-order valence-electron chi connectivity index (χ4n) is 3.15. The van der Waals surface area contributed by atoms with Gasteiger partial charge in [0.05, 0.1) is 0 Å². The van der Waals surface area contributed by atoms with E-state index in [0.717, 1.165) is 18.4 Å². The van der Waals surface area contributed by atoms with Gasteiger partial charge in [-0.1, -0.05) is 38.7 Å². The first kappa shape index (κ1) is 14.1. The Hall–Kier alpha value is -0.340. The number of thiophene rings is 1. The summed E-state index contributed by atoms with van der Waals surface area (Å²) in [4.78, 5) is 1.60. The van der Waals surface area contributed by atoms with Crippen molar-refractivity contribution in [2.24, 2.45) is 5.92 Å². The Bertz CT molecular complexity index is 299. The molecular formula is C16H27NS. The van der Waals surface area contributed by atoms with E-state index in [1.165, 1.54) is 51.5 Å². The highest BCUT2D eigenvalue weighted by atomic mass is 32.1. The monoisotopic (exact) mass is 265 g/mol. The SMILES string of the molecule is CCCNCC(c1cccs1)C1CCCCCC1. The highest BCUT2D eigenvalue weighted by Crippen LogP contribution is 2.36. The van der Waals surface area contributed by atoms with Crippen molar-refractivity contribution in [3.8, 4) is 0 Å². The lowest BCUT2D eigenvalue weighted by molar-refractivity contribution is 0.365. The van der Waals surface area contributed by atoms with E-state index in [2.05, 4.69) is 29.8 Å². The topological polar surface area (TPSA) is 12.0 Å². The predicted octanol–water partition coefficient (Wildman–Crippen LogP) is 4.80. The summed E-state index contributed by atoms with van der Waals surface area (Å²) in [7, 11) is 0. The quantitative estimate of drug-likeness (QED) is 0.575. The molecule has 102 valence electrons. The molecule has 1 heterocycles. The van der Waals surface area contributed by atoms with E-state index >= 15 is 0 Å². The summed E-state index contributed by atoms with van der Waals surface area (Å²) < 4.78 is 0. The minimum atomic E-state index is 0.759. The molecular weight excluding hydrogens is 238 g/mol. The van der Waals surface area contributed by atoms with E-state index in [9.17, 15) is 0 Å². The molecule has 1 unspecified atom stereocenters. The van der Waals surface area contributed by atoms with Crippen LogP contribution in [-0.4, -0.2) is 13.1 Å². The Labute approximate surface area is 116 Å². The van der Waals surface area contributed by atoms with Crippen molar-refractivity contribution in [1.82, 2.24) is 5.32 Å². The smallest absolute Gasteiger partial charge is 0.00916 e. The molecule has 18 heavy (non-hydrogen) atoms. The zero-order valence-electron chi connectivity index (χ0n) is 11.7. The lowest BCUT2D eigenvalue weighted by Crippen LogP contribution is -2.26. The third-order valence-electron chi connectivity index (χ3n) is 4.17. The van der Waals surface area contributed by atoms with Gasteiger partial charge in [-0.25, -0.2) is 0 Å². The Balaban J connectivity index is 1.98. The fraction of sp³-hybridized carbons (Fsp3) is 0.750. The first-order valence-corrected chi connectivity index (χ1v) is 8.54. The Morgan fingerprint density at radius 1 is 1.28 bits per heavy atom. The molecule has 1 nitrogen and oxygen atoms in total. The van der Waals surface area contributed by atoms with Crippen molar-refractivity contribution in [3.63, 3.8) is 0 Å². The lowest BCUT2D eigenvalue weighted by atomic mass is 9.85. The Morgan fingerprint density at radius 3 is 2.67 bits per heavy atom. The fourth-order valence-corrected chi connectivity index (χ4v) is 4.07. The normalized spacial score (nSPS) is 19.6. The summed E-state index contributed by atoms with van der Waals surface area (Å²) in [5.74, 6) is 1.67. The average molecular weight is 265 g/mol. The van der Waals surface area contributed by atoms with Gasteiger partial charge in [0.15, 0.2) is 0 Å². The number of hydrogen-bond acceptors (Lipinski definition) is 2. The second-order valence-corrected chi connectivity index (χ2v) is 6.56. The highest BCUT2D eigenvalue weighted by Gasteiger charge is 2.24. The van der Waals surface area contributed by atoms with E-state index < -0.39 is 0 Å². The van der Waals surface area contributed by atoms with Gasteiger partial charge in [-0.15, -0.1) is 11.3 Å². The molecule has 0 saturated heterocycles. The molecule has 0 amide bonds. The molecule has 0 radical (unpaired) electrons. The molecule has 0 bridgehead atoms. The molecule has 2 heteroatoms. The van der Waals surface area contributed by atoms with Gasteiger partial charge < -0.3 is 5.32 Å². The summed E-state index contributed by atoms with van der Waals surface area (Å²) in [6, 6.07) is 4.55. The molecule has 0 spiro atoms. The molecule has 1 N–H and O–H groups in total. The summed E-state index contributed by atoms with van der Waals surface area (Å²) in [5.41, 5.74) is 0.